The number of ether oxygens (including phenoxy) is 1. The lowest BCUT2D eigenvalue weighted by Crippen LogP contribution is -2.44. The van der Waals surface area contributed by atoms with Gasteiger partial charge in [-0.1, -0.05) is 25.5 Å². The van der Waals surface area contributed by atoms with E-state index in [0.29, 0.717) is 17.8 Å². The zero-order chi connectivity index (χ0) is 11.9. The smallest absolute Gasteiger partial charge is 0.310 e. The molecular weight excluding hydrogens is 200 g/mol. The Labute approximate surface area is 98.1 Å². The highest BCUT2D eigenvalue weighted by Gasteiger charge is 2.44. The molecule has 0 aromatic carbocycles. The minimum atomic E-state index is 0.0369. The predicted octanol–water partition coefficient (Wildman–Crippen LogP) is 3.18. The van der Waals surface area contributed by atoms with Crippen molar-refractivity contribution < 1.29 is 9.53 Å². The van der Waals surface area contributed by atoms with Gasteiger partial charge in [-0.05, 0) is 44.4 Å². The lowest BCUT2D eigenvalue weighted by molar-refractivity contribution is -0.167. The standard InChI is InChI=1S/C14H22O2/c1-8(2)11-6-5-9(3)12-7-10(4)16-14(15)13(11)12/h5,8,10-13H,6-7H2,1-4H3/t10-,11+,12+,13+/m0/s1. The summed E-state index contributed by atoms with van der Waals surface area (Å²) >= 11 is 0. The first-order chi connectivity index (χ1) is 7.50. The van der Waals surface area contributed by atoms with Crippen LogP contribution in [0.4, 0.5) is 0 Å². The van der Waals surface area contributed by atoms with Crippen LogP contribution in [0.3, 0.4) is 0 Å². The predicted molar refractivity (Wildman–Crippen MR) is 63.9 cm³/mol. The van der Waals surface area contributed by atoms with Gasteiger partial charge in [-0.2, -0.15) is 0 Å². The van der Waals surface area contributed by atoms with E-state index in [1.54, 1.807) is 0 Å². The first-order valence-corrected chi connectivity index (χ1v) is 6.38. The summed E-state index contributed by atoms with van der Waals surface area (Å²) in [5.41, 5.74) is 1.39. The van der Waals surface area contributed by atoms with Gasteiger partial charge in [0.2, 0.25) is 0 Å². The molecule has 1 heterocycles. The third-order valence-electron chi connectivity index (χ3n) is 4.22. The fourth-order valence-electron chi connectivity index (χ4n) is 3.24. The van der Waals surface area contributed by atoms with Gasteiger partial charge in [-0.25, -0.2) is 0 Å². The first kappa shape index (κ1) is 11.7. The maximum Gasteiger partial charge on any atom is 0.310 e. The van der Waals surface area contributed by atoms with Crippen molar-refractivity contribution in [3.05, 3.63) is 11.6 Å². The largest absolute Gasteiger partial charge is 0.462 e. The number of hydrogen-bond donors (Lipinski definition) is 0. The van der Waals surface area contributed by atoms with Crippen LogP contribution in [0.5, 0.6) is 0 Å². The number of esters is 1. The first-order valence-electron chi connectivity index (χ1n) is 6.38. The van der Waals surface area contributed by atoms with Gasteiger partial charge in [0.15, 0.2) is 0 Å². The van der Waals surface area contributed by atoms with Crippen molar-refractivity contribution in [3.8, 4) is 0 Å². The number of carbonyl (C=O) groups excluding carboxylic acids is 1. The molecule has 1 aliphatic heterocycles. The van der Waals surface area contributed by atoms with E-state index < -0.39 is 0 Å². The van der Waals surface area contributed by atoms with E-state index in [1.165, 1.54) is 5.57 Å². The molecule has 1 saturated heterocycles. The molecule has 0 bridgehead atoms. The molecule has 0 aromatic rings. The molecule has 0 aromatic heterocycles. The number of cyclic esters (lactones) is 1. The van der Waals surface area contributed by atoms with Gasteiger partial charge in [0.1, 0.15) is 0 Å². The summed E-state index contributed by atoms with van der Waals surface area (Å²) in [6, 6.07) is 0. The zero-order valence-electron chi connectivity index (χ0n) is 10.7. The quantitative estimate of drug-likeness (QED) is 0.503. The van der Waals surface area contributed by atoms with Crippen molar-refractivity contribution in [2.24, 2.45) is 23.7 Å². The second-order valence-corrected chi connectivity index (χ2v) is 5.71. The van der Waals surface area contributed by atoms with E-state index in [9.17, 15) is 4.79 Å². The third kappa shape index (κ3) is 1.90. The SMILES string of the molecule is CC1=CC[C@H](C(C)C)[C@H]2C(=O)O[C@@H](C)C[C@H]12. The number of rotatable bonds is 1. The zero-order valence-corrected chi connectivity index (χ0v) is 10.7. The molecule has 1 fully saturated rings. The third-order valence-corrected chi connectivity index (χ3v) is 4.22. The normalized spacial score (nSPS) is 39.1. The number of allylic oxidation sites excluding steroid dienone is 2. The van der Waals surface area contributed by atoms with Crippen molar-refractivity contribution >= 4 is 5.97 Å². The van der Waals surface area contributed by atoms with Gasteiger partial charge in [0.25, 0.3) is 0 Å². The van der Waals surface area contributed by atoms with Crippen LogP contribution in [0, 0.1) is 23.7 Å². The van der Waals surface area contributed by atoms with E-state index in [1.807, 2.05) is 6.92 Å². The van der Waals surface area contributed by atoms with Gasteiger partial charge in [-0.15, -0.1) is 0 Å². The van der Waals surface area contributed by atoms with Crippen LogP contribution in [0.1, 0.15) is 40.5 Å². The molecule has 90 valence electrons. The molecule has 2 nitrogen and oxygen atoms in total. The maximum atomic E-state index is 12.0. The van der Waals surface area contributed by atoms with Crippen molar-refractivity contribution in [1.29, 1.82) is 0 Å². The highest BCUT2D eigenvalue weighted by molar-refractivity contribution is 5.75. The Hall–Kier alpha value is -0.790. The van der Waals surface area contributed by atoms with E-state index in [2.05, 4.69) is 26.8 Å². The van der Waals surface area contributed by atoms with Crippen molar-refractivity contribution in [2.75, 3.05) is 0 Å². The van der Waals surface area contributed by atoms with Gasteiger partial charge in [-0.3, -0.25) is 4.79 Å². The fraction of sp³-hybridized carbons (Fsp3) is 0.786. The summed E-state index contributed by atoms with van der Waals surface area (Å²) < 4.78 is 5.42. The van der Waals surface area contributed by atoms with Crippen LogP contribution in [0.15, 0.2) is 11.6 Å². The van der Waals surface area contributed by atoms with Gasteiger partial charge < -0.3 is 4.74 Å². The minimum Gasteiger partial charge on any atom is -0.462 e. The summed E-state index contributed by atoms with van der Waals surface area (Å²) in [5.74, 6) is 1.60. The van der Waals surface area contributed by atoms with Crippen molar-refractivity contribution in [2.45, 2.75) is 46.6 Å². The van der Waals surface area contributed by atoms with Crippen molar-refractivity contribution in [1.82, 2.24) is 0 Å². The lowest BCUT2D eigenvalue weighted by atomic mass is 9.66. The Kier molecular flexibility index (Phi) is 3.09. The van der Waals surface area contributed by atoms with Crippen LogP contribution in [-0.2, 0) is 9.53 Å². The lowest BCUT2D eigenvalue weighted by Gasteiger charge is -2.42. The number of hydrogen-bond acceptors (Lipinski definition) is 2. The topological polar surface area (TPSA) is 26.3 Å². The highest BCUT2D eigenvalue weighted by atomic mass is 16.5. The second-order valence-electron chi connectivity index (χ2n) is 5.71. The van der Waals surface area contributed by atoms with E-state index >= 15 is 0 Å². The van der Waals surface area contributed by atoms with E-state index in [0.717, 1.165) is 12.8 Å². The molecule has 2 heteroatoms. The Morgan fingerprint density at radius 1 is 1.44 bits per heavy atom. The van der Waals surface area contributed by atoms with Gasteiger partial charge in [0.05, 0.1) is 12.0 Å². The molecule has 2 rings (SSSR count). The van der Waals surface area contributed by atoms with Crippen LogP contribution in [0.25, 0.3) is 0 Å². The monoisotopic (exact) mass is 222 g/mol. The molecule has 2 aliphatic rings. The summed E-state index contributed by atoms with van der Waals surface area (Å²) in [7, 11) is 0. The molecule has 0 spiro atoms. The summed E-state index contributed by atoms with van der Waals surface area (Å²) in [6.45, 7) is 8.59. The summed E-state index contributed by atoms with van der Waals surface area (Å²) in [4.78, 5) is 12.0. The highest BCUT2D eigenvalue weighted by Crippen LogP contribution is 2.44. The van der Waals surface area contributed by atoms with Crippen LogP contribution in [0.2, 0.25) is 0 Å². The van der Waals surface area contributed by atoms with Gasteiger partial charge in [0, 0.05) is 0 Å². The Bertz CT molecular complexity index is 317. The van der Waals surface area contributed by atoms with E-state index in [-0.39, 0.29) is 18.0 Å². The molecule has 0 saturated carbocycles. The summed E-state index contributed by atoms with van der Waals surface area (Å²) in [5, 5.41) is 0. The van der Waals surface area contributed by atoms with Crippen LogP contribution in [-0.4, -0.2) is 12.1 Å². The molecule has 0 unspecified atom stereocenters. The molecule has 16 heavy (non-hydrogen) atoms. The molecule has 0 radical (unpaired) electrons. The van der Waals surface area contributed by atoms with Crippen LogP contribution < -0.4 is 0 Å². The second kappa shape index (κ2) is 4.23. The molecular formula is C14H22O2. The average Bonchev–Trinajstić information content (AvgIpc) is 2.19. The van der Waals surface area contributed by atoms with Gasteiger partial charge >= 0.3 is 5.97 Å². The average molecular weight is 222 g/mol. The molecule has 0 N–H and O–H groups in total. The van der Waals surface area contributed by atoms with Crippen LogP contribution >= 0.6 is 0 Å². The Balaban J connectivity index is 2.29. The minimum absolute atomic E-state index is 0.0369. The van der Waals surface area contributed by atoms with E-state index in [4.69, 9.17) is 4.74 Å². The number of carbonyl (C=O) groups is 1. The van der Waals surface area contributed by atoms with Crippen molar-refractivity contribution in [3.63, 3.8) is 0 Å². The fourth-order valence-corrected chi connectivity index (χ4v) is 3.24. The Morgan fingerprint density at radius 3 is 2.75 bits per heavy atom. The Morgan fingerprint density at radius 2 is 2.12 bits per heavy atom. The molecule has 1 aliphatic carbocycles. The number of fused-ring (bicyclic) bond motifs is 1. The maximum absolute atomic E-state index is 12.0. The summed E-state index contributed by atoms with van der Waals surface area (Å²) in [6.07, 6.45) is 4.45. The molecule has 4 atom stereocenters. The molecule has 0 amide bonds.